The highest BCUT2D eigenvalue weighted by Gasteiger charge is 2.16. The summed E-state index contributed by atoms with van der Waals surface area (Å²) in [5.74, 6) is -1.26. The molecule has 2 aromatic carbocycles. The van der Waals surface area contributed by atoms with Gasteiger partial charge in [-0.2, -0.15) is 0 Å². The Bertz CT molecular complexity index is 698. The smallest absolute Gasteiger partial charge is 0.310 e. The van der Waals surface area contributed by atoms with E-state index >= 15 is 0 Å². The monoisotopic (exact) mass is 264 g/mol. The van der Waals surface area contributed by atoms with Crippen molar-refractivity contribution in [2.24, 2.45) is 0 Å². The summed E-state index contributed by atoms with van der Waals surface area (Å²) in [6, 6.07) is 14.3. The Morgan fingerprint density at radius 2 is 1.75 bits per heavy atom. The highest BCUT2D eigenvalue weighted by Crippen LogP contribution is 2.27. The van der Waals surface area contributed by atoms with Gasteiger partial charge in [-0.15, -0.1) is 0 Å². The Morgan fingerprint density at radius 3 is 2.55 bits per heavy atom. The first-order valence-electron chi connectivity index (χ1n) is 6.77. The molecule has 0 spiro atoms. The van der Waals surface area contributed by atoms with E-state index in [1.165, 1.54) is 16.7 Å². The fraction of sp³-hybridized carbons (Fsp3) is 0.167. The van der Waals surface area contributed by atoms with Crippen molar-refractivity contribution in [3.63, 3.8) is 0 Å². The molecule has 0 aliphatic heterocycles. The summed E-state index contributed by atoms with van der Waals surface area (Å²) < 4.78 is 0. The summed E-state index contributed by atoms with van der Waals surface area (Å²) in [6.07, 6.45) is 5.08. The molecule has 100 valence electrons. The number of rotatable bonds is 2. The van der Waals surface area contributed by atoms with Crippen LogP contribution in [0.5, 0.6) is 0 Å². The summed E-state index contributed by atoms with van der Waals surface area (Å²) in [6.45, 7) is 1.72. The third-order valence-corrected chi connectivity index (χ3v) is 3.92. The van der Waals surface area contributed by atoms with Crippen LogP contribution in [-0.2, 0) is 11.2 Å². The SMILES string of the molecule is CC(C(=O)O)c1ccc2c(c1)C=Cc1ccccc1C2. The average molecular weight is 264 g/mol. The molecule has 3 rings (SSSR count). The van der Waals surface area contributed by atoms with Gasteiger partial charge in [0.15, 0.2) is 0 Å². The van der Waals surface area contributed by atoms with Crippen LogP contribution < -0.4 is 0 Å². The molecule has 1 unspecified atom stereocenters. The Morgan fingerprint density at radius 1 is 1.05 bits per heavy atom. The Kier molecular flexibility index (Phi) is 3.15. The lowest BCUT2D eigenvalue weighted by Crippen LogP contribution is -2.07. The second-order valence-electron chi connectivity index (χ2n) is 5.23. The van der Waals surface area contributed by atoms with Gasteiger partial charge < -0.3 is 5.11 Å². The van der Waals surface area contributed by atoms with Gasteiger partial charge in [0, 0.05) is 0 Å². The Hall–Kier alpha value is -2.35. The van der Waals surface area contributed by atoms with E-state index in [9.17, 15) is 4.79 Å². The highest BCUT2D eigenvalue weighted by molar-refractivity contribution is 5.78. The van der Waals surface area contributed by atoms with Crippen LogP contribution in [0.3, 0.4) is 0 Å². The summed E-state index contributed by atoms with van der Waals surface area (Å²) in [4.78, 5) is 11.1. The number of carboxylic acid groups (broad SMARTS) is 1. The van der Waals surface area contributed by atoms with Gasteiger partial charge in [0.05, 0.1) is 5.92 Å². The molecule has 2 aromatic rings. The third kappa shape index (κ3) is 2.25. The van der Waals surface area contributed by atoms with Crippen LogP contribution in [0.25, 0.3) is 12.2 Å². The zero-order chi connectivity index (χ0) is 14.1. The van der Waals surface area contributed by atoms with Crippen LogP contribution in [0.1, 0.15) is 40.7 Å². The van der Waals surface area contributed by atoms with Crippen molar-refractivity contribution in [1.29, 1.82) is 0 Å². The van der Waals surface area contributed by atoms with E-state index < -0.39 is 11.9 Å². The number of hydrogen-bond donors (Lipinski definition) is 1. The zero-order valence-corrected chi connectivity index (χ0v) is 11.3. The van der Waals surface area contributed by atoms with Crippen LogP contribution >= 0.6 is 0 Å². The molecule has 1 aliphatic carbocycles. The average Bonchev–Trinajstić information content (AvgIpc) is 2.64. The standard InChI is InChI=1S/C18H16O2/c1-12(18(19)20)14-7-9-17-11-15-5-3-2-4-13(15)6-8-16(17)10-14/h2-10,12H,11H2,1H3,(H,19,20). The molecular weight excluding hydrogens is 248 g/mol. The third-order valence-electron chi connectivity index (χ3n) is 3.92. The first-order valence-corrected chi connectivity index (χ1v) is 6.77. The quantitative estimate of drug-likeness (QED) is 0.761. The van der Waals surface area contributed by atoms with E-state index in [0.717, 1.165) is 17.5 Å². The largest absolute Gasteiger partial charge is 0.481 e. The lowest BCUT2D eigenvalue weighted by Gasteiger charge is -2.11. The zero-order valence-electron chi connectivity index (χ0n) is 11.3. The van der Waals surface area contributed by atoms with E-state index in [0.29, 0.717) is 0 Å². The predicted molar refractivity (Wildman–Crippen MR) is 80.7 cm³/mol. The fourth-order valence-corrected chi connectivity index (χ4v) is 2.58. The van der Waals surface area contributed by atoms with Gasteiger partial charge in [-0.25, -0.2) is 0 Å². The first-order chi connectivity index (χ1) is 9.65. The van der Waals surface area contributed by atoms with Gasteiger partial charge in [-0.3, -0.25) is 4.79 Å². The maximum Gasteiger partial charge on any atom is 0.310 e. The molecule has 1 aliphatic rings. The van der Waals surface area contributed by atoms with E-state index in [2.05, 4.69) is 36.4 Å². The van der Waals surface area contributed by atoms with Crippen molar-refractivity contribution in [1.82, 2.24) is 0 Å². The minimum Gasteiger partial charge on any atom is -0.481 e. The molecule has 2 nitrogen and oxygen atoms in total. The second-order valence-corrected chi connectivity index (χ2v) is 5.23. The number of hydrogen-bond acceptors (Lipinski definition) is 1. The van der Waals surface area contributed by atoms with Gasteiger partial charge in [0.25, 0.3) is 0 Å². The minimum absolute atomic E-state index is 0.473. The van der Waals surface area contributed by atoms with Crippen LogP contribution in [0.4, 0.5) is 0 Å². The van der Waals surface area contributed by atoms with Crippen molar-refractivity contribution < 1.29 is 9.90 Å². The summed E-state index contributed by atoms with van der Waals surface area (Å²) in [7, 11) is 0. The highest BCUT2D eigenvalue weighted by atomic mass is 16.4. The predicted octanol–water partition coefficient (Wildman–Crippen LogP) is 3.95. The van der Waals surface area contributed by atoms with Crippen molar-refractivity contribution in [2.75, 3.05) is 0 Å². The number of carboxylic acids is 1. The normalized spacial score (nSPS) is 14.1. The molecule has 0 heterocycles. The van der Waals surface area contributed by atoms with Gasteiger partial charge in [-0.1, -0.05) is 54.6 Å². The first kappa shape index (κ1) is 12.7. The van der Waals surface area contributed by atoms with E-state index in [1.54, 1.807) is 6.92 Å². The van der Waals surface area contributed by atoms with Gasteiger partial charge in [-0.05, 0) is 41.2 Å². The summed E-state index contributed by atoms with van der Waals surface area (Å²) >= 11 is 0. The van der Waals surface area contributed by atoms with Crippen molar-refractivity contribution in [3.8, 4) is 0 Å². The Balaban J connectivity index is 2.04. The Labute approximate surface area is 118 Å². The molecule has 1 atom stereocenters. The van der Waals surface area contributed by atoms with Crippen LogP contribution in [0, 0.1) is 0 Å². The maximum absolute atomic E-state index is 11.1. The minimum atomic E-state index is -0.786. The van der Waals surface area contributed by atoms with E-state index in [4.69, 9.17) is 5.11 Å². The lowest BCUT2D eigenvalue weighted by molar-refractivity contribution is -0.138. The number of benzene rings is 2. The van der Waals surface area contributed by atoms with Crippen LogP contribution in [0.2, 0.25) is 0 Å². The number of fused-ring (bicyclic) bond motifs is 2. The van der Waals surface area contributed by atoms with Crippen LogP contribution in [0.15, 0.2) is 42.5 Å². The molecule has 2 heteroatoms. The summed E-state index contributed by atoms with van der Waals surface area (Å²) in [5, 5.41) is 9.12. The fourth-order valence-electron chi connectivity index (χ4n) is 2.58. The topological polar surface area (TPSA) is 37.3 Å². The molecule has 0 saturated heterocycles. The second kappa shape index (κ2) is 4.97. The summed E-state index contributed by atoms with van der Waals surface area (Å²) in [5.41, 5.74) is 5.75. The van der Waals surface area contributed by atoms with Gasteiger partial charge in [0.2, 0.25) is 0 Å². The van der Waals surface area contributed by atoms with Crippen molar-refractivity contribution in [2.45, 2.75) is 19.3 Å². The van der Waals surface area contributed by atoms with Crippen LogP contribution in [-0.4, -0.2) is 11.1 Å². The maximum atomic E-state index is 11.1. The molecule has 1 N–H and O–H groups in total. The molecule has 20 heavy (non-hydrogen) atoms. The van der Waals surface area contributed by atoms with Crippen molar-refractivity contribution in [3.05, 3.63) is 70.3 Å². The lowest BCUT2D eigenvalue weighted by atomic mass is 9.94. The molecule has 0 saturated carbocycles. The van der Waals surface area contributed by atoms with Gasteiger partial charge in [0.1, 0.15) is 0 Å². The number of carbonyl (C=O) groups is 1. The van der Waals surface area contributed by atoms with E-state index in [1.807, 2.05) is 18.2 Å². The molecule has 0 fully saturated rings. The molecule has 0 bridgehead atoms. The molecular formula is C18H16O2. The number of aliphatic carboxylic acids is 1. The molecule has 0 radical (unpaired) electrons. The molecule has 0 amide bonds. The van der Waals surface area contributed by atoms with Crippen molar-refractivity contribution >= 4 is 18.1 Å². The van der Waals surface area contributed by atoms with E-state index in [-0.39, 0.29) is 0 Å². The van der Waals surface area contributed by atoms with Gasteiger partial charge >= 0.3 is 5.97 Å². The molecule has 0 aromatic heterocycles.